The minimum absolute atomic E-state index is 0.0409. The second-order valence-corrected chi connectivity index (χ2v) is 6.69. The van der Waals surface area contributed by atoms with Crippen molar-refractivity contribution in [3.8, 4) is 0 Å². The third kappa shape index (κ3) is 2.69. The molecule has 7 heteroatoms. The molecule has 0 radical (unpaired) electrons. The highest BCUT2D eigenvalue weighted by Gasteiger charge is 2.25. The van der Waals surface area contributed by atoms with Gasteiger partial charge in [0, 0.05) is 24.4 Å². The first-order chi connectivity index (χ1) is 12.6. The lowest BCUT2D eigenvalue weighted by atomic mass is 9.98. The number of benzene rings is 1. The van der Waals surface area contributed by atoms with Crippen molar-refractivity contribution in [3.63, 3.8) is 0 Å². The SMILES string of the molecule is CCc1nc2ccccc2c(C)c1C(=O)NC1CCn2c(n[nH]c2=O)C1. The number of hydrogen-bond acceptors (Lipinski definition) is 4. The van der Waals surface area contributed by atoms with Crippen molar-refractivity contribution in [2.24, 2.45) is 0 Å². The first-order valence-corrected chi connectivity index (χ1v) is 8.91. The van der Waals surface area contributed by atoms with E-state index < -0.39 is 0 Å². The molecule has 0 spiro atoms. The summed E-state index contributed by atoms with van der Waals surface area (Å²) in [5.41, 5.74) is 3.16. The number of carbonyl (C=O) groups is 1. The third-order valence-corrected chi connectivity index (χ3v) is 5.09. The lowest BCUT2D eigenvalue weighted by Gasteiger charge is -2.24. The second-order valence-electron chi connectivity index (χ2n) is 6.69. The Bertz CT molecular complexity index is 1050. The highest BCUT2D eigenvalue weighted by atomic mass is 16.2. The number of nitrogens with zero attached hydrogens (tertiary/aromatic N) is 3. The van der Waals surface area contributed by atoms with E-state index in [9.17, 15) is 9.59 Å². The van der Waals surface area contributed by atoms with Gasteiger partial charge in [0.2, 0.25) is 0 Å². The third-order valence-electron chi connectivity index (χ3n) is 5.09. The molecule has 1 aromatic carbocycles. The number of carbonyl (C=O) groups excluding carboxylic acids is 1. The molecular weight excluding hydrogens is 330 g/mol. The van der Waals surface area contributed by atoms with Gasteiger partial charge in [-0.05, 0) is 31.4 Å². The Morgan fingerprint density at radius 2 is 2.19 bits per heavy atom. The van der Waals surface area contributed by atoms with E-state index in [2.05, 4.69) is 20.5 Å². The monoisotopic (exact) mass is 351 g/mol. The topological polar surface area (TPSA) is 92.7 Å². The van der Waals surface area contributed by atoms with Gasteiger partial charge in [0.25, 0.3) is 5.91 Å². The van der Waals surface area contributed by atoms with E-state index in [0.29, 0.717) is 37.2 Å². The highest BCUT2D eigenvalue weighted by Crippen LogP contribution is 2.24. The van der Waals surface area contributed by atoms with Crippen molar-refractivity contribution in [2.45, 2.75) is 45.7 Å². The first kappa shape index (κ1) is 16.5. The molecule has 7 nitrogen and oxygen atoms in total. The molecule has 26 heavy (non-hydrogen) atoms. The van der Waals surface area contributed by atoms with Crippen LogP contribution in [0.25, 0.3) is 10.9 Å². The molecule has 1 aliphatic heterocycles. The molecule has 1 unspecified atom stereocenters. The summed E-state index contributed by atoms with van der Waals surface area (Å²) >= 11 is 0. The van der Waals surface area contributed by atoms with Crippen LogP contribution in [0.3, 0.4) is 0 Å². The molecule has 134 valence electrons. The smallest absolute Gasteiger partial charge is 0.343 e. The van der Waals surface area contributed by atoms with Crippen LogP contribution in [0, 0.1) is 6.92 Å². The van der Waals surface area contributed by atoms with E-state index in [-0.39, 0.29) is 17.6 Å². The van der Waals surface area contributed by atoms with Crippen LogP contribution >= 0.6 is 0 Å². The molecule has 1 amide bonds. The lowest BCUT2D eigenvalue weighted by molar-refractivity contribution is 0.0928. The van der Waals surface area contributed by atoms with E-state index in [4.69, 9.17) is 0 Å². The average Bonchev–Trinajstić information content (AvgIpc) is 3.01. The Labute approximate surface area is 150 Å². The van der Waals surface area contributed by atoms with E-state index in [1.165, 1.54) is 0 Å². The van der Waals surface area contributed by atoms with Crippen LogP contribution in [0.5, 0.6) is 0 Å². The van der Waals surface area contributed by atoms with E-state index in [0.717, 1.165) is 22.2 Å². The molecule has 1 atom stereocenters. The maximum Gasteiger partial charge on any atom is 0.343 e. The molecule has 0 saturated carbocycles. The number of nitrogens with one attached hydrogen (secondary N) is 2. The highest BCUT2D eigenvalue weighted by molar-refractivity contribution is 6.01. The summed E-state index contributed by atoms with van der Waals surface area (Å²) in [5.74, 6) is 0.588. The van der Waals surface area contributed by atoms with Crippen molar-refractivity contribution in [1.29, 1.82) is 0 Å². The summed E-state index contributed by atoms with van der Waals surface area (Å²) in [5, 5.41) is 10.6. The molecule has 2 aromatic heterocycles. The van der Waals surface area contributed by atoms with Gasteiger partial charge in [0.05, 0.1) is 16.8 Å². The summed E-state index contributed by atoms with van der Waals surface area (Å²) in [6.07, 6.45) is 1.95. The fourth-order valence-corrected chi connectivity index (χ4v) is 3.72. The maximum absolute atomic E-state index is 13.0. The zero-order chi connectivity index (χ0) is 18.3. The van der Waals surface area contributed by atoms with Crippen LogP contribution in [-0.4, -0.2) is 31.7 Å². The number of pyridine rings is 1. The van der Waals surface area contributed by atoms with Crippen LogP contribution in [0.2, 0.25) is 0 Å². The summed E-state index contributed by atoms with van der Waals surface area (Å²) in [6, 6.07) is 7.85. The van der Waals surface area contributed by atoms with Crippen LogP contribution < -0.4 is 11.0 Å². The summed E-state index contributed by atoms with van der Waals surface area (Å²) in [4.78, 5) is 29.3. The van der Waals surface area contributed by atoms with Gasteiger partial charge in [-0.3, -0.25) is 14.3 Å². The van der Waals surface area contributed by atoms with E-state index in [1.54, 1.807) is 4.57 Å². The van der Waals surface area contributed by atoms with Crippen LogP contribution in [-0.2, 0) is 19.4 Å². The molecule has 3 heterocycles. The molecule has 2 N–H and O–H groups in total. The van der Waals surface area contributed by atoms with Gasteiger partial charge in [-0.25, -0.2) is 9.89 Å². The number of amides is 1. The van der Waals surface area contributed by atoms with Gasteiger partial charge in [-0.2, -0.15) is 5.10 Å². The Balaban J connectivity index is 1.64. The van der Waals surface area contributed by atoms with Crippen LogP contribution in [0.1, 0.15) is 40.8 Å². The first-order valence-electron chi connectivity index (χ1n) is 8.91. The zero-order valence-electron chi connectivity index (χ0n) is 14.9. The van der Waals surface area contributed by atoms with E-state index in [1.807, 2.05) is 38.1 Å². The Morgan fingerprint density at radius 3 is 3.00 bits per heavy atom. The van der Waals surface area contributed by atoms with Gasteiger partial charge >= 0.3 is 5.69 Å². The lowest BCUT2D eigenvalue weighted by Crippen LogP contribution is -2.42. The van der Waals surface area contributed by atoms with Crippen molar-refractivity contribution < 1.29 is 4.79 Å². The summed E-state index contributed by atoms with van der Waals surface area (Å²) in [7, 11) is 0. The molecule has 1 aliphatic rings. The molecular formula is C19H21N5O2. The summed E-state index contributed by atoms with van der Waals surface area (Å²) < 4.78 is 1.63. The molecule has 3 aromatic rings. The van der Waals surface area contributed by atoms with Crippen LogP contribution in [0.15, 0.2) is 29.1 Å². The Hall–Kier alpha value is -2.96. The minimum Gasteiger partial charge on any atom is -0.349 e. The second kappa shape index (κ2) is 6.40. The van der Waals surface area contributed by atoms with Crippen molar-refractivity contribution >= 4 is 16.8 Å². The fourth-order valence-electron chi connectivity index (χ4n) is 3.72. The quantitative estimate of drug-likeness (QED) is 0.752. The average molecular weight is 351 g/mol. The molecule has 4 rings (SSSR count). The zero-order valence-corrected chi connectivity index (χ0v) is 14.9. The molecule has 0 fully saturated rings. The normalized spacial score (nSPS) is 16.5. The number of aromatic amines is 1. The van der Waals surface area contributed by atoms with Gasteiger partial charge in [0.15, 0.2) is 0 Å². The number of aromatic nitrogens is 4. The predicted molar refractivity (Wildman–Crippen MR) is 98.3 cm³/mol. The fraction of sp³-hybridized carbons (Fsp3) is 0.368. The minimum atomic E-state index is -0.187. The number of H-pyrrole nitrogens is 1. The summed E-state index contributed by atoms with van der Waals surface area (Å²) in [6.45, 7) is 4.55. The standard InChI is InChI=1S/C19H21N5O2/c1-3-14-17(11(2)13-6-4-5-7-15(13)21-14)18(25)20-12-8-9-24-16(10-12)22-23-19(24)26/h4-7,12H,3,8-10H2,1-2H3,(H,20,25)(H,23,26). The van der Waals surface area contributed by atoms with Gasteiger partial charge in [0.1, 0.15) is 5.82 Å². The maximum atomic E-state index is 13.0. The van der Waals surface area contributed by atoms with Crippen molar-refractivity contribution in [3.05, 3.63) is 57.4 Å². The number of aryl methyl sites for hydroxylation is 2. The number of fused-ring (bicyclic) bond motifs is 2. The largest absolute Gasteiger partial charge is 0.349 e. The number of hydrogen-bond donors (Lipinski definition) is 2. The predicted octanol–water partition coefficient (Wildman–Crippen LogP) is 1.74. The van der Waals surface area contributed by atoms with Crippen molar-refractivity contribution in [1.82, 2.24) is 25.1 Å². The van der Waals surface area contributed by atoms with Gasteiger partial charge in [-0.15, -0.1) is 0 Å². The van der Waals surface area contributed by atoms with Gasteiger partial charge in [-0.1, -0.05) is 25.1 Å². The molecule has 0 aliphatic carbocycles. The molecule has 0 bridgehead atoms. The van der Waals surface area contributed by atoms with Gasteiger partial charge < -0.3 is 5.32 Å². The number of para-hydroxylation sites is 1. The number of rotatable bonds is 3. The van der Waals surface area contributed by atoms with Crippen molar-refractivity contribution in [2.75, 3.05) is 0 Å². The van der Waals surface area contributed by atoms with E-state index >= 15 is 0 Å². The van der Waals surface area contributed by atoms with Crippen LogP contribution in [0.4, 0.5) is 0 Å². The Morgan fingerprint density at radius 1 is 1.38 bits per heavy atom. The Kier molecular flexibility index (Phi) is 4.06. The molecule has 0 saturated heterocycles.